The zero-order valence-electron chi connectivity index (χ0n) is 11.8. The Bertz CT molecular complexity index is 510. The molecule has 0 saturated heterocycles. The van der Waals surface area contributed by atoms with Crippen LogP contribution < -0.4 is 5.32 Å². The van der Waals surface area contributed by atoms with Gasteiger partial charge in [0.15, 0.2) is 0 Å². The van der Waals surface area contributed by atoms with E-state index in [2.05, 4.69) is 11.4 Å². The molecular weight excluding hydrogens is 240 g/mol. The molecule has 0 bridgehead atoms. The quantitative estimate of drug-likeness (QED) is 0.872. The lowest BCUT2D eigenvalue weighted by Crippen LogP contribution is -2.36. The standard InChI is InChI=1S/C15H20N2O2/c1-10-6-5-7-11(9-16)14(10)17-12(8-13(18)19)15(2,3)4/h5-7,12,17H,8H2,1-4H3,(H,18,19). The molecule has 2 N–H and O–H groups in total. The van der Waals surface area contributed by atoms with Gasteiger partial charge in [0, 0.05) is 6.04 Å². The average Bonchev–Trinajstić information content (AvgIpc) is 2.28. The van der Waals surface area contributed by atoms with Gasteiger partial charge in [-0.2, -0.15) is 5.26 Å². The summed E-state index contributed by atoms with van der Waals surface area (Å²) in [5.74, 6) is -0.848. The molecule has 0 fully saturated rings. The Morgan fingerprint density at radius 2 is 2.11 bits per heavy atom. The second-order valence-corrected chi connectivity index (χ2v) is 5.77. The van der Waals surface area contributed by atoms with Crippen molar-refractivity contribution in [1.29, 1.82) is 5.26 Å². The van der Waals surface area contributed by atoms with Crippen LogP contribution in [0.2, 0.25) is 0 Å². The average molecular weight is 260 g/mol. The van der Waals surface area contributed by atoms with Crippen molar-refractivity contribution in [1.82, 2.24) is 0 Å². The van der Waals surface area contributed by atoms with E-state index in [1.165, 1.54) is 0 Å². The molecule has 102 valence electrons. The van der Waals surface area contributed by atoms with E-state index in [0.717, 1.165) is 11.3 Å². The van der Waals surface area contributed by atoms with Gasteiger partial charge in [-0.3, -0.25) is 4.79 Å². The summed E-state index contributed by atoms with van der Waals surface area (Å²) in [5, 5.41) is 21.4. The number of carboxylic acids is 1. The van der Waals surface area contributed by atoms with Crippen LogP contribution in [0.5, 0.6) is 0 Å². The first-order valence-electron chi connectivity index (χ1n) is 6.23. The zero-order valence-corrected chi connectivity index (χ0v) is 11.8. The number of hydrogen-bond acceptors (Lipinski definition) is 3. The Labute approximate surface area is 114 Å². The van der Waals surface area contributed by atoms with Crippen LogP contribution in [0.3, 0.4) is 0 Å². The van der Waals surface area contributed by atoms with E-state index in [4.69, 9.17) is 10.4 Å². The molecule has 0 radical (unpaired) electrons. The maximum atomic E-state index is 11.0. The Kier molecular flexibility index (Phi) is 4.55. The summed E-state index contributed by atoms with van der Waals surface area (Å²) < 4.78 is 0. The normalized spacial score (nSPS) is 12.6. The van der Waals surface area contributed by atoms with Crippen molar-refractivity contribution in [2.75, 3.05) is 5.32 Å². The van der Waals surface area contributed by atoms with Crippen molar-refractivity contribution in [2.24, 2.45) is 5.41 Å². The van der Waals surface area contributed by atoms with Crippen molar-refractivity contribution in [3.05, 3.63) is 29.3 Å². The second kappa shape index (κ2) is 5.75. The SMILES string of the molecule is Cc1cccc(C#N)c1NC(CC(=O)O)C(C)(C)C. The molecule has 0 aliphatic heterocycles. The number of aliphatic carboxylic acids is 1. The smallest absolute Gasteiger partial charge is 0.305 e. The first-order chi connectivity index (χ1) is 8.75. The fourth-order valence-electron chi connectivity index (χ4n) is 1.88. The molecule has 4 nitrogen and oxygen atoms in total. The van der Waals surface area contributed by atoms with Gasteiger partial charge in [0.25, 0.3) is 0 Å². The fraction of sp³-hybridized carbons (Fsp3) is 0.467. The van der Waals surface area contributed by atoms with Gasteiger partial charge >= 0.3 is 5.97 Å². The predicted molar refractivity (Wildman–Crippen MR) is 75.0 cm³/mol. The van der Waals surface area contributed by atoms with E-state index in [0.29, 0.717) is 5.56 Å². The highest BCUT2D eigenvalue weighted by Gasteiger charge is 2.27. The number of aryl methyl sites for hydroxylation is 1. The molecule has 19 heavy (non-hydrogen) atoms. The number of carbonyl (C=O) groups is 1. The van der Waals surface area contributed by atoms with E-state index < -0.39 is 5.97 Å². The maximum Gasteiger partial charge on any atom is 0.305 e. The minimum absolute atomic E-state index is 0.0166. The molecule has 1 rings (SSSR count). The predicted octanol–water partition coefficient (Wildman–Crippen LogP) is 3.17. The Morgan fingerprint density at radius 1 is 1.47 bits per heavy atom. The Balaban J connectivity index is 3.10. The number of nitrogens with zero attached hydrogens (tertiary/aromatic N) is 1. The highest BCUT2D eigenvalue weighted by Crippen LogP contribution is 2.29. The van der Waals surface area contributed by atoms with Crippen LogP contribution >= 0.6 is 0 Å². The van der Waals surface area contributed by atoms with Crippen molar-refractivity contribution in [3.8, 4) is 6.07 Å². The monoisotopic (exact) mass is 260 g/mol. The molecule has 0 aliphatic rings. The van der Waals surface area contributed by atoms with Gasteiger partial charge in [-0.1, -0.05) is 32.9 Å². The van der Waals surface area contributed by atoms with E-state index >= 15 is 0 Å². The molecule has 1 aromatic carbocycles. The van der Waals surface area contributed by atoms with Crippen molar-refractivity contribution in [2.45, 2.75) is 40.2 Å². The van der Waals surface area contributed by atoms with Crippen LogP contribution in [0.1, 0.15) is 38.3 Å². The molecule has 0 spiro atoms. The highest BCUT2D eigenvalue weighted by molar-refractivity contribution is 5.70. The van der Waals surface area contributed by atoms with Gasteiger partial charge in [0.1, 0.15) is 6.07 Å². The number of anilines is 1. The van der Waals surface area contributed by atoms with E-state index in [-0.39, 0.29) is 17.9 Å². The van der Waals surface area contributed by atoms with Crippen LogP contribution in [0.4, 0.5) is 5.69 Å². The molecule has 0 aromatic heterocycles. The van der Waals surface area contributed by atoms with Crippen LogP contribution in [-0.4, -0.2) is 17.1 Å². The molecule has 0 amide bonds. The van der Waals surface area contributed by atoms with Gasteiger partial charge < -0.3 is 10.4 Å². The summed E-state index contributed by atoms with van der Waals surface area (Å²) in [6.07, 6.45) is 0.0166. The summed E-state index contributed by atoms with van der Waals surface area (Å²) in [6, 6.07) is 7.36. The topological polar surface area (TPSA) is 73.1 Å². The van der Waals surface area contributed by atoms with Crippen LogP contribution in [-0.2, 0) is 4.79 Å². The molecule has 0 saturated carbocycles. The summed E-state index contributed by atoms with van der Waals surface area (Å²) in [5.41, 5.74) is 2.00. The van der Waals surface area contributed by atoms with Gasteiger partial charge in [-0.25, -0.2) is 0 Å². The number of carboxylic acid groups (broad SMARTS) is 1. The van der Waals surface area contributed by atoms with Crippen LogP contribution in [0, 0.1) is 23.7 Å². The Morgan fingerprint density at radius 3 is 2.58 bits per heavy atom. The fourth-order valence-corrected chi connectivity index (χ4v) is 1.88. The van der Waals surface area contributed by atoms with Gasteiger partial charge in [-0.05, 0) is 24.0 Å². The zero-order chi connectivity index (χ0) is 14.6. The summed E-state index contributed by atoms with van der Waals surface area (Å²) in [7, 11) is 0. The third-order valence-electron chi connectivity index (χ3n) is 3.14. The summed E-state index contributed by atoms with van der Waals surface area (Å²) in [6.45, 7) is 7.86. The number of nitriles is 1. The molecule has 0 aliphatic carbocycles. The molecule has 1 unspecified atom stereocenters. The first kappa shape index (κ1) is 15.0. The third kappa shape index (κ3) is 3.99. The molecule has 1 atom stereocenters. The summed E-state index contributed by atoms with van der Waals surface area (Å²) >= 11 is 0. The molecular formula is C15H20N2O2. The first-order valence-corrected chi connectivity index (χ1v) is 6.23. The van der Waals surface area contributed by atoms with E-state index in [1.54, 1.807) is 6.07 Å². The van der Waals surface area contributed by atoms with Gasteiger partial charge in [0.2, 0.25) is 0 Å². The number of rotatable bonds is 4. The molecule has 4 heteroatoms. The minimum atomic E-state index is -0.848. The van der Waals surface area contributed by atoms with E-state index in [1.807, 2.05) is 39.8 Å². The second-order valence-electron chi connectivity index (χ2n) is 5.77. The lowest BCUT2D eigenvalue weighted by atomic mass is 9.84. The molecule has 1 aromatic rings. The third-order valence-corrected chi connectivity index (χ3v) is 3.14. The maximum absolute atomic E-state index is 11.0. The van der Waals surface area contributed by atoms with Crippen molar-refractivity contribution < 1.29 is 9.90 Å². The lowest BCUT2D eigenvalue weighted by molar-refractivity contribution is -0.137. The number of hydrogen-bond donors (Lipinski definition) is 2. The highest BCUT2D eigenvalue weighted by atomic mass is 16.4. The van der Waals surface area contributed by atoms with Crippen LogP contribution in [0.25, 0.3) is 0 Å². The van der Waals surface area contributed by atoms with Crippen molar-refractivity contribution in [3.63, 3.8) is 0 Å². The largest absolute Gasteiger partial charge is 0.481 e. The minimum Gasteiger partial charge on any atom is -0.481 e. The van der Waals surface area contributed by atoms with Gasteiger partial charge in [-0.15, -0.1) is 0 Å². The molecule has 0 heterocycles. The lowest BCUT2D eigenvalue weighted by Gasteiger charge is -2.32. The summed E-state index contributed by atoms with van der Waals surface area (Å²) in [4.78, 5) is 11.0. The number of para-hydroxylation sites is 1. The number of nitrogens with one attached hydrogen (secondary N) is 1. The van der Waals surface area contributed by atoms with Crippen LogP contribution in [0.15, 0.2) is 18.2 Å². The van der Waals surface area contributed by atoms with Gasteiger partial charge in [0.05, 0.1) is 17.7 Å². The number of benzene rings is 1. The Hall–Kier alpha value is -2.02. The van der Waals surface area contributed by atoms with E-state index in [9.17, 15) is 4.79 Å². The van der Waals surface area contributed by atoms with Crippen molar-refractivity contribution >= 4 is 11.7 Å².